The summed E-state index contributed by atoms with van der Waals surface area (Å²) in [6, 6.07) is 3.62. The van der Waals surface area contributed by atoms with Crippen LogP contribution in [0.5, 0.6) is 5.75 Å². The summed E-state index contributed by atoms with van der Waals surface area (Å²) in [5.41, 5.74) is -0.521. The molecular weight excluding hydrogens is 249 g/mol. The van der Waals surface area contributed by atoms with Gasteiger partial charge in [-0.3, -0.25) is 10.1 Å². The van der Waals surface area contributed by atoms with Gasteiger partial charge in [-0.05, 0) is 12.5 Å². The Hall–Kier alpha value is -1.65. The average Bonchev–Trinajstić information content (AvgIpc) is 2.37. The molecule has 0 aromatic heterocycles. The molecule has 19 heavy (non-hydrogen) atoms. The van der Waals surface area contributed by atoms with E-state index in [1.807, 2.05) is 0 Å². The molecule has 0 fully saturated rings. The zero-order valence-corrected chi connectivity index (χ0v) is 11.2. The van der Waals surface area contributed by atoms with Crippen molar-refractivity contribution in [1.82, 2.24) is 0 Å². The second kappa shape index (κ2) is 8.45. The number of nitrogens with zero attached hydrogens (tertiary/aromatic N) is 1. The minimum absolute atomic E-state index is 0.344. The zero-order chi connectivity index (χ0) is 14.1. The summed E-state index contributed by atoms with van der Waals surface area (Å²) in [6.45, 7) is 2.69. The van der Waals surface area contributed by atoms with Crippen molar-refractivity contribution in [2.75, 3.05) is 6.61 Å². The Morgan fingerprint density at radius 2 is 1.89 bits per heavy atom. The first-order valence-corrected chi connectivity index (χ1v) is 6.72. The highest BCUT2D eigenvalue weighted by atomic mass is 19.1. The molecule has 0 heterocycles. The first kappa shape index (κ1) is 15.4. The normalized spacial score (nSPS) is 10.4. The van der Waals surface area contributed by atoms with Crippen molar-refractivity contribution in [3.05, 3.63) is 34.1 Å². The standard InChI is InChI=1S/C14H20FNO3/c1-2-3-4-5-6-7-10-19-12-8-9-14(16(17)18)13(15)11-12/h8-9,11H,2-7,10H2,1H3. The van der Waals surface area contributed by atoms with Crippen LogP contribution in [0.2, 0.25) is 0 Å². The fourth-order valence-electron chi connectivity index (χ4n) is 1.80. The van der Waals surface area contributed by atoms with E-state index in [1.54, 1.807) is 0 Å². The molecule has 0 saturated carbocycles. The molecule has 0 unspecified atom stereocenters. The Morgan fingerprint density at radius 1 is 1.21 bits per heavy atom. The Balaban J connectivity index is 2.26. The van der Waals surface area contributed by atoms with E-state index in [9.17, 15) is 14.5 Å². The van der Waals surface area contributed by atoms with Gasteiger partial charge in [-0.15, -0.1) is 0 Å². The predicted octanol–water partition coefficient (Wildman–Crippen LogP) is 4.47. The molecule has 0 aliphatic heterocycles. The lowest BCUT2D eigenvalue weighted by atomic mass is 10.1. The molecule has 0 atom stereocenters. The summed E-state index contributed by atoms with van der Waals surface area (Å²) in [6.07, 6.45) is 6.92. The second-order valence-corrected chi connectivity index (χ2v) is 4.49. The highest BCUT2D eigenvalue weighted by Gasteiger charge is 2.13. The van der Waals surface area contributed by atoms with E-state index >= 15 is 0 Å². The Kier molecular flexibility index (Phi) is 6.85. The van der Waals surface area contributed by atoms with Gasteiger partial charge in [0.2, 0.25) is 5.82 Å². The van der Waals surface area contributed by atoms with Crippen LogP contribution in [0.15, 0.2) is 18.2 Å². The fourth-order valence-corrected chi connectivity index (χ4v) is 1.80. The number of halogens is 1. The fraction of sp³-hybridized carbons (Fsp3) is 0.571. The van der Waals surface area contributed by atoms with E-state index in [1.165, 1.54) is 31.7 Å². The van der Waals surface area contributed by atoms with Crippen LogP contribution in [0.1, 0.15) is 45.4 Å². The summed E-state index contributed by atoms with van der Waals surface area (Å²) in [5, 5.41) is 10.4. The smallest absolute Gasteiger partial charge is 0.305 e. The van der Waals surface area contributed by atoms with Gasteiger partial charge < -0.3 is 4.74 Å². The number of unbranched alkanes of at least 4 members (excludes halogenated alkanes) is 5. The maximum atomic E-state index is 13.3. The third kappa shape index (κ3) is 5.68. The molecule has 1 rings (SSSR count). The van der Waals surface area contributed by atoms with Crippen LogP contribution in [0.4, 0.5) is 10.1 Å². The molecule has 5 heteroatoms. The summed E-state index contributed by atoms with van der Waals surface area (Å²) < 4.78 is 18.7. The van der Waals surface area contributed by atoms with Crippen molar-refractivity contribution in [3.63, 3.8) is 0 Å². The summed E-state index contributed by atoms with van der Waals surface area (Å²) in [7, 11) is 0. The van der Waals surface area contributed by atoms with Crippen molar-refractivity contribution in [3.8, 4) is 5.75 Å². The Morgan fingerprint density at radius 3 is 2.53 bits per heavy atom. The molecule has 1 aromatic rings. The van der Waals surface area contributed by atoms with Gasteiger partial charge in [0.15, 0.2) is 0 Å². The van der Waals surface area contributed by atoms with Gasteiger partial charge in [0.05, 0.1) is 11.5 Å². The molecule has 0 saturated heterocycles. The minimum Gasteiger partial charge on any atom is -0.493 e. The molecular formula is C14H20FNO3. The van der Waals surface area contributed by atoms with Gasteiger partial charge in [0.1, 0.15) is 5.75 Å². The molecule has 0 radical (unpaired) electrons. The quantitative estimate of drug-likeness (QED) is 0.377. The maximum Gasteiger partial charge on any atom is 0.305 e. The molecule has 0 aliphatic carbocycles. The lowest BCUT2D eigenvalue weighted by Crippen LogP contribution is -1.99. The number of nitro benzene ring substituents is 1. The van der Waals surface area contributed by atoms with E-state index in [-0.39, 0.29) is 0 Å². The van der Waals surface area contributed by atoms with Crippen molar-refractivity contribution in [2.24, 2.45) is 0 Å². The summed E-state index contributed by atoms with van der Waals surface area (Å²) in [4.78, 5) is 9.70. The van der Waals surface area contributed by atoms with E-state index in [4.69, 9.17) is 4.74 Å². The number of ether oxygens (including phenoxy) is 1. The number of nitro groups is 1. The molecule has 4 nitrogen and oxygen atoms in total. The van der Waals surface area contributed by atoms with Gasteiger partial charge >= 0.3 is 5.69 Å². The van der Waals surface area contributed by atoms with Gasteiger partial charge in [0, 0.05) is 12.1 Å². The Labute approximate surface area is 112 Å². The van der Waals surface area contributed by atoms with Gasteiger partial charge in [-0.2, -0.15) is 4.39 Å². The Bertz CT molecular complexity index is 410. The molecule has 1 aromatic carbocycles. The van der Waals surface area contributed by atoms with Crippen LogP contribution in [-0.4, -0.2) is 11.5 Å². The third-order valence-corrected chi connectivity index (χ3v) is 2.88. The zero-order valence-electron chi connectivity index (χ0n) is 11.2. The highest BCUT2D eigenvalue weighted by Crippen LogP contribution is 2.22. The van der Waals surface area contributed by atoms with Crippen LogP contribution in [0.3, 0.4) is 0 Å². The van der Waals surface area contributed by atoms with Crippen molar-refractivity contribution >= 4 is 5.69 Å². The van der Waals surface area contributed by atoms with Crippen LogP contribution >= 0.6 is 0 Å². The predicted molar refractivity (Wildman–Crippen MR) is 71.9 cm³/mol. The van der Waals surface area contributed by atoms with Gasteiger partial charge in [0.25, 0.3) is 0 Å². The second-order valence-electron chi connectivity index (χ2n) is 4.49. The van der Waals surface area contributed by atoms with Crippen LogP contribution < -0.4 is 4.74 Å². The highest BCUT2D eigenvalue weighted by molar-refractivity contribution is 5.37. The number of benzene rings is 1. The van der Waals surface area contributed by atoms with Crippen molar-refractivity contribution in [2.45, 2.75) is 45.4 Å². The molecule has 0 N–H and O–H groups in total. The first-order chi connectivity index (χ1) is 9.15. The van der Waals surface area contributed by atoms with E-state index in [0.717, 1.165) is 25.0 Å². The first-order valence-electron chi connectivity index (χ1n) is 6.72. The van der Waals surface area contributed by atoms with Crippen LogP contribution in [-0.2, 0) is 0 Å². The monoisotopic (exact) mass is 269 g/mol. The molecule has 0 bridgehead atoms. The third-order valence-electron chi connectivity index (χ3n) is 2.88. The topological polar surface area (TPSA) is 52.4 Å². The lowest BCUT2D eigenvalue weighted by molar-refractivity contribution is -0.387. The van der Waals surface area contributed by atoms with Gasteiger partial charge in [-0.25, -0.2) is 0 Å². The molecule has 0 spiro atoms. The summed E-state index contributed by atoms with van der Waals surface area (Å²) >= 11 is 0. The van der Waals surface area contributed by atoms with Crippen molar-refractivity contribution < 1.29 is 14.1 Å². The number of hydrogen-bond donors (Lipinski definition) is 0. The number of hydrogen-bond acceptors (Lipinski definition) is 3. The van der Waals surface area contributed by atoms with Gasteiger partial charge in [-0.1, -0.05) is 39.0 Å². The average molecular weight is 269 g/mol. The SMILES string of the molecule is CCCCCCCCOc1ccc([N+](=O)[O-])c(F)c1. The summed E-state index contributed by atoms with van der Waals surface area (Å²) in [5.74, 6) is -0.512. The van der Waals surface area contributed by atoms with Crippen LogP contribution in [0, 0.1) is 15.9 Å². The van der Waals surface area contributed by atoms with E-state index < -0.39 is 16.4 Å². The maximum absolute atomic E-state index is 13.3. The molecule has 0 aliphatic rings. The van der Waals surface area contributed by atoms with Crippen molar-refractivity contribution in [1.29, 1.82) is 0 Å². The lowest BCUT2D eigenvalue weighted by Gasteiger charge is -2.06. The molecule has 106 valence electrons. The largest absolute Gasteiger partial charge is 0.493 e. The van der Waals surface area contributed by atoms with Crippen LogP contribution in [0.25, 0.3) is 0 Å². The number of rotatable bonds is 9. The molecule has 0 amide bonds. The minimum atomic E-state index is -0.856. The van der Waals surface area contributed by atoms with E-state index in [2.05, 4.69) is 6.92 Å². The van der Waals surface area contributed by atoms with E-state index in [0.29, 0.717) is 12.4 Å².